The van der Waals surface area contributed by atoms with Gasteiger partial charge in [0.05, 0.1) is 22.7 Å². The molecule has 0 aromatic heterocycles. The predicted octanol–water partition coefficient (Wildman–Crippen LogP) is 2.59. The second-order valence-corrected chi connectivity index (χ2v) is 11.0. The van der Waals surface area contributed by atoms with Gasteiger partial charge in [-0.25, -0.2) is 0 Å². The number of amides is 3. The van der Waals surface area contributed by atoms with E-state index in [-0.39, 0.29) is 35.5 Å². The summed E-state index contributed by atoms with van der Waals surface area (Å²) in [5, 5.41) is 16.4. The molecule has 10 heteroatoms. The Kier molecular flexibility index (Phi) is 6.82. The van der Waals surface area contributed by atoms with E-state index in [2.05, 4.69) is 16.7 Å². The van der Waals surface area contributed by atoms with E-state index < -0.39 is 12.1 Å². The van der Waals surface area contributed by atoms with Gasteiger partial charge >= 0.3 is 0 Å². The van der Waals surface area contributed by atoms with Gasteiger partial charge in [-0.2, -0.15) is 5.26 Å². The summed E-state index contributed by atoms with van der Waals surface area (Å²) < 4.78 is 0. The molecule has 3 aliphatic heterocycles. The van der Waals surface area contributed by atoms with Gasteiger partial charge < -0.3 is 20.4 Å². The molecule has 1 aromatic rings. The highest BCUT2D eigenvalue weighted by atomic mass is 35.5. The average molecular weight is 518 g/mol. The van der Waals surface area contributed by atoms with E-state index in [4.69, 9.17) is 23.2 Å². The lowest BCUT2D eigenvalue weighted by Gasteiger charge is -2.43. The second kappa shape index (κ2) is 9.87. The molecule has 2 N–H and O–H groups in total. The lowest BCUT2D eigenvalue weighted by atomic mass is 9.92. The minimum Gasteiger partial charge on any atom is -0.369 e. The first-order valence-electron chi connectivity index (χ1n) is 12.3. The number of likely N-dealkylation sites (tertiary alicyclic amines) is 1. The number of hydrogen-bond donors (Lipinski definition) is 2. The van der Waals surface area contributed by atoms with Crippen molar-refractivity contribution in [3.05, 3.63) is 28.2 Å². The van der Waals surface area contributed by atoms with E-state index in [0.29, 0.717) is 55.0 Å². The summed E-state index contributed by atoms with van der Waals surface area (Å²) in [6.45, 7) is 2.27. The smallest absolute Gasteiger partial charge is 0.244 e. The van der Waals surface area contributed by atoms with Crippen LogP contribution in [-0.4, -0.2) is 60.9 Å². The Labute approximate surface area is 214 Å². The maximum Gasteiger partial charge on any atom is 0.244 e. The van der Waals surface area contributed by atoms with Crippen molar-refractivity contribution < 1.29 is 14.4 Å². The van der Waals surface area contributed by atoms with E-state index >= 15 is 0 Å². The molecule has 0 radical (unpaired) electrons. The van der Waals surface area contributed by atoms with Crippen LogP contribution in [0.1, 0.15) is 32.1 Å². The molecule has 0 bridgehead atoms. The molecule has 3 unspecified atom stereocenters. The zero-order valence-corrected chi connectivity index (χ0v) is 20.9. The van der Waals surface area contributed by atoms with Crippen LogP contribution >= 0.6 is 23.2 Å². The normalized spacial score (nSPS) is 28.8. The molecule has 35 heavy (non-hydrogen) atoms. The molecular formula is C25H29Cl2N5O3. The van der Waals surface area contributed by atoms with Gasteiger partial charge in [0.2, 0.25) is 17.7 Å². The monoisotopic (exact) mass is 517 g/mol. The molecule has 5 atom stereocenters. The van der Waals surface area contributed by atoms with E-state index in [1.54, 1.807) is 17.0 Å². The Morgan fingerprint density at radius 2 is 2.00 bits per heavy atom. The molecular weight excluding hydrogens is 489 g/mol. The number of carbonyl (C=O) groups excluding carboxylic acids is 3. The number of rotatable bonds is 6. The number of nitriles is 1. The minimum absolute atomic E-state index is 0.00966. The molecule has 8 nitrogen and oxygen atoms in total. The van der Waals surface area contributed by atoms with Crippen LogP contribution in [0.3, 0.4) is 0 Å². The zero-order chi connectivity index (χ0) is 24.7. The van der Waals surface area contributed by atoms with Crippen molar-refractivity contribution in [3.63, 3.8) is 0 Å². The van der Waals surface area contributed by atoms with Gasteiger partial charge in [-0.1, -0.05) is 29.6 Å². The van der Waals surface area contributed by atoms with Gasteiger partial charge in [0.1, 0.15) is 12.1 Å². The molecule has 3 saturated heterocycles. The number of nitrogens with one attached hydrogen (secondary N) is 2. The maximum absolute atomic E-state index is 13.5. The van der Waals surface area contributed by atoms with Crippen LogP contribution < -0.4 is 15.5 Å². The van der Waals surface area contributed by atoms with Crippen LogP contribution in [0.15, 0.2) is 18.2 Å². The number of benzene rings is 1. The molecule has 186 valence electrons. The number of fused-ring (bicyclic) bond motifs is 1. The molecule has 4 fully saturated rings. The number of nitrogens with zero attached hydrogens (tertiary/aromatic N) is 3. The van der Waals surface area contributed by atoms with Crippen LogP contribution in [0.4, 0.5) is 5.69 Å². The van der Waals surface area contributed by atoms with Crippen molar-refractivity contribution >= 4 is 46.6 Å². The quantitative estimate of drug-likeness (QED) is 0.603. The Morgan fingerprint density at radius 3 is 2.69 bits per heavy atom. The fourth-order valence-electron chi connectivity index (χ4n) is 6.23. The summed E-state index contributed by atoms with van der Waals surface area (Å²) in [6.07, 6.45) is 3.94. The van der Waals surface area contributed by atoms with Crippen molar-refractivity contribution in [2.45, 2.75) is 44.2 Å². The van der Waals surface area contributed by atoms with Gasteiger partial charge in [-0.05, 0) is 55.7 Å². The number of halogens is 2. The summed E-state index contributed by atoms with van der Waals surface area (Å²) in [5.74, 6) is -0.374. The topological polar surface area (TPSA) is 106 Å². The molecule has 3 amide bonds. The molecule has 1 aromatic carbocycles. The van der Waals surface area contributed by atoms with Crippen LogP contribution in [0.2, 0.25) is 10.0 Å². The Balaban J connectivity index is 1.25. The molecule has 1 aliphatic carbocycles. The third-order valence-electron chi connectivity index (χ3n) is 8.08. The van der Waals surface area contributed by atoms with Crippen molar-refractivity contribution in [2.24, 2.45) is 23.7 Å². The fraction of sp³-hybridized carbons (Fsp3) is 0.600. The predicted molar refractivity (Wildman–Crippen MR) is 132 cm³/mol. The zero-order valence-electron chi connectivity index (χ0n) is 19.4. The third-order valence-corrected chi connectivity index (χ3v) is 8.62. The van der Waals surface area contributed by atoms with Crippen LogP contribution in [0.5, 0.6) is 0 Å². The van der Waals surface area contributed by atoms with Gasteiger partial charge in [0, 0.05) is 37.1 Å². The Morgan fingerprint density at radius 1 is 1.20 bits per heavy atom. The average Bonchev–Trinajstić information content (AvgIpc) is 3.49. The van der Waals surface area contributed by atoms with Crippen LogP contribution in [-0.2, 0) is 14.4 Å². The van der Waals surface area contributed by atoms with Crippen LogP contribution in [0.25, 0.3) is 0 Å². The van der Waals surface area contributed by atoms with Gasteiger partial charge in [0.25, 0.3) is 0 Å². The first-order valence-corrected chi connectivity index (χ1v) is 13.1. The summed E-state index contributed by atoms with van der Waals surface area (Å²) in [4.78, 5) is 42.7. The lowest BCUT2D eigenvalue weighted by molar-refractivity contribution is -0.143. The first kappa shape index (κ1) is 24.2. The van der Waals surface area contributed by atoms with E-state index in [9.17, 15) is 19.6 Å². The summed E-state index contributed by atoms with van der Waals surface area (Å²) in [6, 6.07) is 6.16. The molecule has 3 heterocycles. The van der Waals surface area contributed by atoms with Crippen LogP contribution in [0, 0.1) is 35.0 Å². The molecule has 1 saturated carbocycles. The Hall–Kier alpha value is -2.50. The van der Waals surface area contributed by atoms with Gasteiger partial charge in [-0.15, -0.1) is 0 Å². The van der Waals surface area contributed by atoms with E-state index in [0.717, 1.165) is 24.9 Å². The number of carbonyl (C=O) groups is 3. The highest BCUT2D eigenvalue weighted by molar-refractivity contribution is 6.36. The highest BCUT2D eigenvalue weighted by Crippen LogP contribution is 2.43. The summed E-state index contributed by atoms with van der Waals surface area (Å²) >= 11 is 12.3. The van der Waals surface area contributed by atoms with Crippen molar-refractivity contribution in [2.75, 3.05) is 31.1 Å². The minimum atomic E-state index is -0.750. The number of anilines is 1. The Bertz CT molecular complexity index is 1070. The highest BCUT2D eigenvalue weighted by Gasteiger charge is 2.51. The van der Waals surface area contributed by atoms with Crippen molar-refractivity contribution in [1.82, 2.24) is 15.5 Å². The number of hydrogen-bond acceptors (Lipinski definition) is 5. The van der Waals surface area contributed by atoms with E-state index in [1.807, 2.05) is 11.0 Å². The molecule has 0 spiro atoms. The lowest BCUT2D eigenvalue weighted by Crippen LogP contribution is -2.58. The first-order chi connectivity index (χ1) is 16.9. The standard InChI is InChI=1S/C25H29Cl2N5O3/c26-17-4-5-21(20(27)9-17)31-11-16(12-31)25(35)32-13-15-2-1-3-19(15)22(32)24(34)30-18(10-28)8-14-6-7-29-23(14)33/h4-5,9,14-16,18-19,22H,1-3,6-8,11-13H2,(H,29,33)(H,30,34)/t14?,15?,18-,19?,22-/m0/s1. The summed E-state index contributed by atoms with van der Waals surface area (Å²) in [5.41, 5.74) is 0.848. The second-order valence-electron chi connectivity index (χ2n) is 10.2. The van der Waals surface area contributed by atoms with E-state index in [1.165, 1.54) is 0 Å². The largest absolute Gasteiger partial charge is 0.369 e. The summed E-state index contributed by atoms with van der Waals surface area (Å²) in [7, 11) is 0. The molecule has 4 aliphatic rings. The maximum atomic E-state index is 13.5. The molecule has 5 rings (SSSR count). The van der Waals surface area contributed by atoms with Crippen molar-refractivity contribution in [1.29, 1.82) is 5.26 Å². The van der Waals surface area contributed by atoms with Gasteiger partial charge in [-0.3, -0.25) is 14.4 Å². The van der Waals surface area contributed by atoms with Crippen molar-refractivity contribution in [3.8, 4) is 6.07 Å². The SMILES string of the molecule is N#C[C@H](CC1CCNC1=O)NC(=O)[C@@H]1C2CCCC2CN1C(=O)C1CN(c2ccc(Cl)cc2Cl)C1. The van der Waals surface area contributed by atoms with Gasteiger partial charge in [0.15, 0.2) is 0 Å². The third kappa shape index (κ3) is 4.68. The fourth-order valence-corrected chi connectivity index (χ4v) is 6.76.